The van der Waals surface area contributed by atoms with Gasteiger partial charge in [-0.3, -0.25) is 9.59 Å². The third-order valence-corrected chi connectivity index (χ3v) is 4.15. The van der Waals surface area contributed by atoms with Crippen LogP contribution in [0.25, 0.3) is 0 Å². The molecule has 0 aliphatic rings. The van der Waals surface area contributed by atoms with Gasteiger partial charge in [-0.1, -0.05) is 19.9 Å². The van der Waals surface area contributed by atoms with E-state index in [1.54, 1.807) is 0 Å². The van der Waals surface area contributed by atoms with Gasteiger partial charge in [0.05, 0.1) is 12.5 Å². The van der Waals surface area contributed by atoms with Crippen LogP contribution in [0.4, 0.5) is 8.78 Å². The maximum atomic E-state index is 13.9. The summed E-state index contributed by atoms with van der Waals surface area (Å²) in [5, 5.41) is 5.24. The largest absolute Gasteiger partial charge is 0.354 e. The minimum atomic E-state index is -0.876. The monoisotopic (exact) mass is 377 g/mol. The van der Waals surface area contributed by atoms with E-state index in [1.807, 2.05) is 13.8 Å². The summed E-state index contributed by atoms with van der Waals surface area (Å²) in [5.41, 5.74) is 5.68. The topological polar surface area (TPSA) is 84.2 Å². The van der Waals surface area contributed by atoms with E-state index in [9.17, 15) is 18.4 Å². The number of benzene rings is 1. The minimum absolute atomic E-state index is 0. The van der Waals surface area contributed by atoms with Crippen molar-refractivity contribution in [2.45, 2.75) is 51.6 Å². The van der Waals surface area contributed by atoms with E-state index >= 15 is 0 Å². The second-order valence-corrected chi connectivity index (χ2v) is 5.97. The van der Waals surface area contributed by atoms with Crippen molar-refractivity contribution in [2.75, 3.05) is 6.54 Å². The summed E-state index contributed by atoms with van der Waals surface area (Å²) in [4.78, 5) is 23.5. The molecule has 1 unspecified atom stereocenters. The molecule has 0 aliphatic carbocycles. The van der Waals surface area contributed by atoms with Gasteiger partial charge in [0.1, 0.15) is 11.6 Å². The highest BCUT2D eigenvalue weighted by Gasteiger charge is 2.24. The molecule has 0 saturated heterocycles. The third-order valence-electron chi connectivity index (χ3n) is 4.15. The predicted molar refractivity (Wildman–Crippen MR) is 95.3 cm³/mol. The zero-order valence-corrected chi connectivity index (χ0v) is 15.5. The molecule has 5 nitrogen and oxygen atoms in total. The van der Waals surface area contributed by atoms with Crippen LogP contribution in [0.5, 0.6) is 0 Å². The van der Waals surface area contributed by atoms with Gasteiger partial charge in [0.15, 0.2) is 0 Å². The van der Waals surface area contributed by atoms with Gasteiger partial charge in [0.2, 0.25) is 11.8 Å². The second kappa shape index (κ2) is 10.3. The van der Waals surface area contributed by atoms with E-state index in [0.29, 0.717) is 12.8 Å². The normalized spacial score (nSPS) is 12.1. The van der Waals surface area contributed by atoms with Crippen LogP contribution in [0.1, 0.15) is 51.6 Å². The Labute approximate surface area is 153 Å². The van der Waals surface area contributed by atoms with Gasteiger partial charge in [0, 0.05) is 30.6 Å². The van der Waals surface area contributed by atoms with E-state index in [1.165, 1.54) is 13.0 Å². The standard InChI is InChI=1S/C17H25F2N3O2.ClH/c1-4-17(20,5-2)10-21-16(24)9-15(22-11(3)23)13-7-6-12(18)8-14(13)19;/h6-8,15H,4-5,9-10,20H2,1-3H3,(H,21,24)(H,22,23);1H. The summed E-state index contributed by atoms with van der Waals surface area (Å²) >= 11 is 0. The molecule has 0 fully saturated rings. The molecule has 0 spiro atoms. The van der Waals surface area contributed by atoms with Gasteiger partial charge in [-0.2, -0.15) is 0 Å². The lowest BCUT2D eigenvalue weighted by molar-refractivity contribution is -0.123. The molecule has 0 bridgehead atoms. The SMILES string of the molecule is CCC(N)(CC)CNC(=O)CC(NC(C)=O)c1ccc(F)cc1F.Cl. The number of carbonyl (C=O) groups is 2. The summed E-state index contributed by atoms with van der Waals surface area (Å²) in [6.45, 7) is 5.43. The first-order chi connectivity index (χ1) is 11.2. The van der Waals surface area contributed by atoms with Crippen molar-refractivity contribution in [3.8, 4) is 0 Å². The van der Waals surface area contributed by atoms with E-state index in [4.69, 9.17) is 5.73 Å². The number of carbonyl (C=O) groups excluding carboxylic acids is 2. The summed E-state index contributed by atoms with van der Waals surface area (Å²) in [7, 11) is 0. The van der Waals surface area contributed by atoms with Crippen LogP contribution in [0.2, 0.25) is 0 Å². The Morgan fingerprint density at radius 1 is 1.24 bits per heavy atom. The fraction of sp³-hybridized carbons (Fsp3) is 0.529. The molecule has 1 aromatic rings. The Balaban J connectivity index is 0.00000576. The highest BCUT2D eigenvalue weighted by molar-refractivity contribution is 5.85. The van der Waals surface area contributed by atoms with Crippen LogP contribution in [0, 0.1) is 11.6 Å². The number of hydrogen-bond donors (Lipinski definition) is 3. The van der Waals surface area contributed by atoms with Gasteiger partial charge in [-0.25, -0.2) is 8.78 Å². The predicted octanol–water partition coefficient (Wildman–Crippen LogP) is 2.59. The van der Waals surface area contributed by atoms with Crippen molar-refractivity contribution in [3.63, 3.8) is 0 Å². The lowest BCUT2D eigenvalue weighted by atomic mass is 9.94. The quantitative estimate of drug-likeness (QED) is 0.651. The molecule has 25 heavy (non-hydrogen) atoms. The van der Waals surface area contributed by atoms with Crippen LogP contribution >= 0.6 is 12.4 Å². The molecular weight excluding hydrogens is 352 g/mol. The minimum Gasteiger partial charge on any atom is -0.354 e. The van der Waals surface area contributed by atoms with Gasteiger partial charge < -0.3 is 16.4 Å². The first-order valence-electron chi connectivity index (χ1n) is 7.98. The van der Waals surface area contributed by atoms with Gasteiger partial charge >= 0.3 is 0 Å². The van der Waals surface area contributed by atoms with Crippen molar-refractivity contribution >= 4 is 24.2 Å². The Hall–Kier alpha value is -1.73. The summed E-state index contributed by atoms with van der Waals surface area (Å²) in [6, 6.07) is 2.16. The lowest BCUT2D eigenvalue weighted by Gasteiger charge is -2.27. The zero-order valence-electron chi connectivity index (χ0n) is 14.7. The fourth-order valence-corrected chi connectivity index (χ4v) is 2.30. The molecular formula is C17H26ClF2N3O2. The average molecular weight is 378 g/mol. The number of nitrogens with two attached hydrogens (primary N) is 1. The molecule has 0 aliphatic heterocycles. The van der Waals surface area contributed by atoms with Crippen molar-refractivity contribution in [1.82, 2.24) is 10.6 Å². The highest BCUT2D eigenvalue weighted by atomic mass is 35.5. The smallest absolute Gasteiger partial charge is 0.222 e. The van der Waals surface area contributed by atoms with E-state index in [-0.39, 0.29) is 36.8 Å². The Bertz CT molecular complexity index is 595. The van der Waals surface area contributed by atoms with Crippen molar-refractivity contribution in [1.29, 1.82) is 0 Å². The summed E-state index contributed by atoms with van der Waals surface area (Å²) in [6.07, 6.45) is 1.24. The van der Waals surface area contributed by atoms with Gasteiger partial charge in [-0.05, 0) is 18.9 Å². The molecule has 142 valence electrons. The van der Waals surface area contributed by atoms with Gasteiger partial charge in [0.25, 0.3) is 0 Å². The van der Waals surface area contributed by atoms with Crippen LogP contribution in [-0.2, 0) is 9.59 Å². The molecule has 1 atom stereocenters. The maximum Gasteiger partial charge on any atom is 0.222 e. The number of hydrogen-bond acceptors (Lipinski definition) is 3. The summed E-state index contributed by atoms with van der Waals surface area (Å²) in [5.74, 6) is -2.31. The van der Waals surface area contributed by atoms with Crippen molar-refractivity contribution in [3.05, 3.63) is 35.4 Å². The third kappa shape index (κ3) is 7.36. The van der Waals surface area contributed by atoms with Crippen LogP contribution in [0.3, 0.4) is 0 Å². The van der Waals surface area contributed by atoms with Gasteiger partial charge in [-0.15, -0.1) is 12.4 Å². The summed E-state index contributed by atoms with van der Waals surface area (Å²) < 4.78 is 27.0. The molecule has 0 saturated carbocycles. The maximum absolute atomic E-state index is 13.9. The first-order valence-corrected chi connectivity index (χ1v) is 7.98. The van der Waals surface area contributed by atoms with Crippen LogP contribution < -0.4 is 16.4 Å². The lowest BCUT2D eigenvalue weighted by Crippen LogP contribution is -2.49. The number of nitrogens with one attached hydrogen (secondary N) is 2. The van der Waals surface area contributed by atoms with E-state index < -0.39 is 29.1 Å². The molecule has 2 amide bonds. The van der Waals surface area contributed by atoms with E-state index in [2.05, 4.69) is 10.6 Å². The molecule has 1 aromatic carbocycles. The van der Waals surface area contributed by atoms with Crippen LogP contribution in [0.15, 0.2) is 18.2 Å². The highest BCUT2D eigenvalue weighted by Crippen LogP contribution is 2.21. The Morgan fingerprint density at radius 2 is 1.84 bits per heavy atom. The number of rotatable bonds is 8. The molecule has 4 N–H and O–H groups in total. The molecule has 8 heteroatoms. The molecule has 0 aromatic heterocycles. The number of halogens is 3. The Morgan fingerprint density at radius 3 is 2.32 bits per heavy atom. The first kappa shape index (κ1) is 23.3. The van der Waals surface area contributed by atoms with E-state index in [0.717, 1.165) is 12.1 Å². The Kier molecular flexibility index (Phi) is 9.59. The molecule has 0 heterocycles. The van der Waals surface area contributed by atoms with Crippen molar-refractivity contribution in [2.24, 2.45) is 5.73 Å². The van der Waals surface area contributed by atoms with Crippen molar-refractivity contribution < 1.29 is 18.4 Å². The molecule has 0 radical (unpaired) electrons. The fourth-order valence-electron chi connectivity index (χ4n) is 2.30. The number of amides is 2. The second-order valence-electron chi connectivity index (χ2n) is 5.97. The van der Waals surface area contributed by atoms with Crippen LogP contribution in [-0.4, -0.2) is 23.9 Å². The molecule has 1 rings (SSSR count). The average Bonchev–Trinajstić information content (AvgIpc) is 2.51. The zero-order chi connectivity index (χ0) is 18.3.